The molecule has 1 aliphatic carbocycles. The Morgan fingerprint density at radius 1 is 1.16 bits per heavy atom. The van der Waals surface area contributed by atoms with Gasteiger partial charge < -0.3 is 10.1 Å². The van der Waals surface area contributed by atoms with Crippen LogP contribution in [0.2, 0.25) is 0 Å². The van der Waals surface area contributed by atoms with Crippen LogP contribution in [-0.4, -0.2) is 33.9 Å². The summed E-state index contributed by atoms with van der Waals surface area (Å²) in [6.07, 6.45) is 4.58. The fourth-order valence-electron chi connectivity index (χ4n) is 4.20. The summed E-state index contributed by atoms with van der Waals surface area (Å²) >= 11 is 1.29. The van der Waals surface area contributed by atoms with Gasteiger partial charge in [-0.05, 0) is 62.1 Å². The number of amides is 1. The number of benzene rings is 2. The highest BCUT2D eigenvalue weighted by Gasteiger charge is 2.23. The maximum atomic E-state index is 13.3. The highest BCUT2D eigenvalue weighted by atomic mass is 32.2. The number of para-hydroxylation sites is 1. The number of ether oxygens (including phenoxy) is 1. The van der Waals surface area contributed by atoms with E-state index < -0.39 is 0 Å². The van der Waals surface area contributed by atoms with Crippen molar-refractivity contribution in [2.24, 2.45) is 5.92 Å². The Kier molecular flexibility index (Phi) is 7.15. The van der Waals surface area contributed by atoms with E-state index in [4.69, 9.17) is 9.72 Å². The SMILES string of the molecule is CCOc1ccc(-n2c(SCC(=O)N[C@H]3CCCC[C@@H]3C)nc3ccccc3c2=O)cc1. The quantitative estimate of drug-likeness (QED) is 0.421. The Labute approximate surface area is 192 Å². The minimum Gasteiger partial charge on any atom is -0.494 e. The molecule has 1 amide bonds. The largest absolute Gasteiger partial charge is 0.494 e. The molecule has 0 bridgehead atoms. The van der Waals surface area contributed by atoms with Crippen LogP contribution >= 0.6 is 11.8 Å². The summed E-state index contributed by atoms with van der Waals surface area (Å²) < 4.78 is 7.11. The van der Waals surface area contributed by atoms with E-state index in [0.717, 1.165) is 25.0 Å². The van der Waals surface area contributed by atoms with Crippen LogP contribution in [0.25, 0.3) is 16.6 Å². The molecule has 32 heavy (non-hydrogen) atoms. The van der Waals surface area contributed by atoms with Gasteiger partial charge in [-0.15, -0.1) is 0 Å². The zero-order chi connectivity index (χ0) is 22.5. The van der Waals surface area contributed by atoms with Crippen molar-refractivity contribution in [2.45, 2.75) is 50.7 Å². The number of hydrogen-bond acceptors (Lipinski definition) is 5. The summed E-state index contributed by atoms with van der Waals surface area (Å²) in [6.45, 7) is 4.71. The van der Waals surface area contributed by atoms with Crippen LogP contribution in [0.1, 0.15) is 39.5 Å². The molecule has 168 valence electrons. The van der Waals surface area contributed by atoms with Crippen molar-refractivity contribution in [3.63, 3.8) is 0 Å². The first-order valence-electron chi connectivity index (χ1n) is 11.2. The first kappa shape index (κ1) is 22.4. The molecule has 2 atom stereocenters. The van der Waals surface area contributed by atoms with Crippen molar-refractivity contribution in [3.8, 4) is 11.4 Å². The summed E-state index contributed by atoms with van der Waals surface area (Å²) in [5.41, 5.74) is 1.17. The van der Waals surface area contributed by atoms with E-state index in [0.29, 0.717) is 34.3 Å². The number of thioether (sulfide) groups is 1. The van der Waals surface area contributed by atoms with Crippen molar-refractivity contribution in [1.29, 1.82) is 0 Å². The smallest absolute Gasteiger partial charge is 0.266 e. The molecule has 0 spiro atoms. The second kappa shape index (κ2) is 10.2. The van der Waals surface area contributed by atoms with Gasteiger partial charge in [0.1, 0.15) is 5.75 Å². The second-order valence-electron chi connectivity index (χ2n) is 8.20. The van der Waals surface area contributed by atoms with Crippen molar-refractivity contribution in [2.75, 3.05) is 12.4 Å². The number of rotatable bonds is 7. The highest BCUT2D eigenvalue weighted by molar-refractivity contribution is 7.99. The molecular weight excluding hydrogens is 422 g/mol. The zero-order valence-electron chi connectivity index (χ0n) is 18.5. The van der Waals surface area contributed by atoms with Crippen molar-refractivity contribution >= 4 is 28.6 Å². The number of hydrogen-bond donors (Lipinski definition) is 1. The molecule has 0 unspecified atom stereocenters. The van der Waals surface area contributed by atoms with Crippen molar-refractivity contribution in [1.82, 2.24) is 14.9 Å². The van der Waals surface area contributed by atoms with E-state index in [1.807, 2.05) is 49.4 Å². The Hall–Kier alpha value is -2.80. The Morgan fingerprint density at radius 3 is 2.66 bits per heavy atom. The van der Waals surface area contributed by atoms with E-state index >= 15 is 0 Å². The zero-order valence-corrected chi connectivity index (χ0v) is 19.4. The van der Waals surface area contributed by atoms with Crippen LogP contribution in [0.4, 0.5) is 0 Å². The van der Waals surface area contributed by atoms with Crippen LogP contribution < -0.4 is 15.6 Å². The lowest BCUT2D eigenvalue weighted by Crippen LogP contribution is -2.41. The third-order valence-electron chi connectivity index (χ3n) is 5.94. The molecule has 1 aliphatic rings. The summed E-state index contributed by atoms with van der Waals surface area (Å²) in [5, 5.41) is 4.23. The molecule has 4 rings (SSSR count). The van der Waals surface area contributed by atoms with Crippen LogP contribution in [0.5, 0.6) is 5.75 Å². The fraction of sp³-hybridized carbons (Fsp3) is 0.400. The number of fused-ring (bicyclic) bond motifs is 1. The molecule has 1 saturated carbocycles. The third kappa shape index (κ3) is 4.99. The molecule has 1 aromatic heterocycles. The monoisotopic (exact) mass is 451 g/mol. The average Bonchev–Trinajstić information content (AvgIpc) is 2.80. The van der Waals surface area contributed by atoms with Gasteiger partial charge >= 0.3 is 0 Å². The Balaban J connectivity index is 1.61. The fourth-order valence-corrected chi connectivity index (χ4v) is 5.03. The van der Waals surface area contributed by atoms with E-state index in [9.17, 15) is 9.59 Å². The van der Waals surface area contributed by atoms with Crippen LogP contribution in [0, 0.1) is 5.92 Å². The number of nitrogens with one attached hydrogen (secondary N) is 1. The average molecular weight is 452 g/mol. The predicted octanol–water partition coefficient (Wildman–Crippen LogP) is 4.57. The van der Waals surface area contributed by atoms with Crippen LogP contribution in [0.3, 0.4) is 0 Å². The number of nitrogens with zero attached hydrogens (tertiary/aromatic N) is 2. The van der Waals surface area contributed by atoms with Crippen LogP contribution in [0.15, 0.2) is 58.5 Å². The van der Waals surface area contributed by atoms with Gasteiger partial charge in [0.05, 0.1) is 29.0 Å². The highest BCUT2D eigenvalue weighted by Crippen LogP contribution is 2.25. The molecule has 1 heterocycles. The standard InChI is InChI=1S/C25H29N3O3S/c1-3-31-19-14-12-18(13-15-19)28-24(30)20-9-5-7-11-22(20)27-25(28)32-16-23(29)26-21-10-6-4-8-17(21)2/h5,7,9,11-15,17,21H,3-4,6,8,10,16H2,1-2H3,(H,26,29)/t17-,21-/m0/s1. The molecule has 1 fully saturated rings. The molecule has 6 nitrogen and oxygen atoms in total. The molecular formula is C25H29N3O3S. The van der Waals surface area contributed by atoms with Gasteiger partial charge in [0, 0.05) is 6.04 Å². The molecule has 0 aliphatic heterocycles. The van der Waals surface area contributed by atoms with Gasteiger partial charge in [0.2, 0.25) is 5.91 Å². The summed E-state index contributed by atoms with van der Waals surface area (Å²) in [6, 6.07) is 14.9. The minimum atomic E-state index is -0.149. The van der Waals surface area contributed by atoms with Crippen molar-refractivity contribution in [3.05, 3.63) is 58.9 Å². The Bertz CT molecular complexity index is 1140. The van der Waals surface area contributed by atoms with Gasteiger partial charge in [-0.25, -0.2) is 4.98 Å². The molecule has 0 radical (unpaired) electrons. The van der Waals surface area contributed by atoms with E-state index in [-0.39, 0.29) is 23.3 Å². The first-order chi connectivity index (χ1) is 15.6. The van der Waals surface area contributed by atoms with Gasteiger partial charge in [-0.1, -0.05) is 43.7 Å². The third-order valence-corrected chi connectivity index (χ3v) is 6.88. The molecule has 7 heteroatoms. The molecule has 3 aromatic rings. The Morgan fingerprint density at radius 2 is 1.91 bits per heavy atom. The lowest BCUT2D eigenvalue weighted by molar-refractivity contribution is -0.119. The second-order valence-corrected chi connectivity index (χ2v) is 9.15. The van der Waals surface area contributed by atoms with Gasteiger partial charge in [0.15, 0.2) is 5.16 Å². The topological polar surface area (TPSA) is 73.2 Å². The van der Waals surface area contributed by atoms with Gasteiger partial charge in [0.25, 0.3) is 5.56 Å². The number of carbonyl (C=O) groups excluding carboxylic acids is 1. The number of aromatic nitrogens is 2. The van der Waals surface area contributed by atoms with Gasteiger partial charge in [-0.2, -0.15) is 0 Å². The summed E-state index contributed by atoms with van der Waals surface area (Å²) in [5.74, 6) is 1.44. The summed E-state index contributed by atoms with van der Waals surface area (Å²) in [4.78, 5) is 30.7. The number of carbonyl (C=O) groups is 1. The maximum Gasteiger partial charge on any atom is 0.266 e. The minimum absolute atomic E-state index is 0.0191. The van der Waals surface area contributed by atoms with Gasteiger partial charge in [-0.3, -0.25) is 14.2 Å². The summed E-state index contributed by atoms with van der Waals surface area (Å²) in [7, 11) is 0. The van der Waals surface area contributed by atoms with E-state index in [1.54, 1.807) is 10.6 Å². The lowest BCUT2D eigenvalue weighted by Gasteiger charge is -2.29. The molecule has 0 saturated heterocycles. The van der Waals surface area contributed by atoms with Crippen molar-refractivity contribution < 1.29 is 9.53 Å². The predicted molar refractivity (Wildman–Crippen MR) is 129 cm³/mol. The van der Waals surface area contributed by atoms with Crippen LogP contribution in [-0.2, 0) is 4.79 Å². The normalized spacial score (nSPS) is 18.4. The van der Waals surface area contributed by atoms with E-state index in [1.165, 1.54) is 18.2 Å². The molecule has 1 N–H and O–H groups in total. The first-order valence-corrected chi connectivity index (χ1v) is 12.2. The maximum absolute atomic E-state index is 13.3. The van der Waals surface area contributed by atoms with E-state index in [2.05, 4.69) is 12.2 Å². The molecule has 2 aromatic carbocycles. The lowest BCUT2D eigenvalue weighted by atomic mass is 9.86.